The van der Waals surface area contributed by atoms with Gasteiger partial charge in [-0.2, -0.15) is 4.31 Å². The van der Waals surface area contributed by atoms with Gasteiger partial charge in [-0.1, -0.05) is 41.9 Å². The zero-order valence-corrected chi connectivity index (χ0v) is 18.9. The molecule has 0 bridgehead atoms. The van der Waals surface area contributed by atoms with E-state index in [1.54, 1.807) is 0 Å². The van der Waals surface area contributed by atoms with Crippen LogP contribution in [-0.4, -0.2) is 50.8 Å². The summed E-state index contributed by atoms with van der Waals surface area (Å²) in [4.78, 5) is 23.9. The molecule has 0 aliphatic carbocycles. The Hall–Kier alpha value is -2.62. The second-order valence-corrected chi connectivity index (χ2v) is 10.1. The van der Waals surface area contributed by atoms with Gasteiger partial charge in [-0.25, -0.2) is 8.42 Å². The number of benzene rings is 2. The standard InChI is InChI=1S/C22H24ClN3O5S/c23-17-12-18-19(31-14-21(27)25-18)13-20(17)32(29,30)26-10-7-16(8-11-26)22(28)24-9-6-15-4-2-1-3-5-15/h1-5,12-13,16H,6-11,14H2,(H,24,28)(H,25,27). The van der Waals surface area contributed by atoms with E-state index < -0.39 is 10.0 Å². The Morgan fingerprint density at radius 1 is 1.19 bits per heavy atom. The van der Waals surface area contributed by atoms with Gasteiger partial charge in [-0.05, 0) is 30.9 Å². The maximum absolute atomic E-state index is 13.2. The van der Waals surface area contributed by atoms with E-state index in [9.17, 15) is 18.0 Å². The first-order valence-electron chi connectivity index (χ1n) is 10.4. The monoisotopic (exact) mass is 477 g/mol. The number of anilines is 1. The molecule has 0 unspecified atom stereocenters. The van der Waals surface area contributed by atoms with Crippen molar-refractivity contribution in [1.29, 1.82) is 0 Å². The number of piperidine rings is 1. The second-order valence-electron chi connectivity index (χ2n) is 7.82. The Morgan fingerprint density at radius 2 is 1.91 bits per heavy atom. The number of nitrogens with one attached hydrogen (secondary N) is 2. The summed E-state index contributed by atoms with van der Waals surface area (Å²) in [6.45, 7) is 0.815. The highest BCUT2D eigenvalue weighted by Crippen LogP contribution is 2.37. The minimum absolute atomic E-state index is 0.00956. The summed E-state index contributed by atoms with van der Waals surface area (Å²) in [7, 11) is -3.86. The summed E-state index contributed by atoms with van der Waals surface area (Å²) in [5.74, 6) is -0.336. The van der Waals surface area contributed by atoms with Crippen molar-refractivity contribution in [2.75, 3.05) is 31.6 Å². The molecule has 2 amide bonds. The summed E-state index contributed by atoms with van der Waals surface area (Å²) in [6.07, 6.45) is 1.62. The minimum atomic E-state index is -3.86. The van der Waals surface area contributed by atoms with Gasteiger partial charge in [-0.15, -0.1) is 0 Å². The summed E-state index contributed by atoms with van der Waals surface area (Å²) in [5.41, 5.74) is 1.50. The molecule has 2 heterocycles. The highest BCUT2D eigenvalue weighted by molar-refractivity contribution is 7.89. The Balaban J connectivity index is 1.35. The largest absolute Gasteiger partial charge is 0.482 e. The fourth-order valence-electron chi connectivity index (χ4n) is 3.90. The summed E-state index contributed by atoms with van der Waals surface area (Å²) >= 11 is 6.22. The molecule has 0 saturated carbocycles. The van der Waals surface area contributed by atoms with E-state index in [1.807, 2.05) is 30.3 Å². The molecule has 8 nitrogen and oxygen atoms in total. The highest BCUT2D eigenvalue weighted by Gasteiger charge is 2.34. The van der Waals surface area contributed by atoms with E-state index in [4.69, 9.17) is 16.3 Å². The van der Waals surface area contributed by atoms with Crippen LogP contribution in [-0.2, 0) is 26.0 Å². The Bertz CT molecular complexity index is 1120. The van der Waals surface area contributed by atoms with E-state index in [1.165, 1.54) is 16.4 Å². The summed E-state index contributed by atoms with van der Waals surface area (Å²) in [6, 6.07) is 12.6. The van der Waals surface area contributed by atoms with Crippen LogP contribution in [0.1, 0.15) is 18.4 Å². The Labute approximate surface area is 191 Å². The normalized spacial score (nSPS) is 17.2. The molecule has 0 aromatic heterocycles. The van der Waals surface area contributed by atoms with E-state index in [0.717, 1.165) is 12.0 Å². The van der Waals surface area contributed by atoms with Crippen molar-refractivity contribution in [3.63, 3.8) is 0 Å². The molecular weight excluding hydrogens is 454 g/mol. The smallest absolute Gasteiger partial charge is 0.262 e. The number of amides is 2. The lowest BCUT2D eigenvalue weighted by Crippen LogP contribution is -2.43. The first-order valence-corrected chi connectivity index (χ1v) is 12.2. The lowest BCUT2D eigenvalue weighted by molar-refractivity contribution is -0.126. The lowest BCUT2D eigenvalue weighted by atomic mass is 9.97. The van der Waals surface area contributed by atoms with Gasteiger partial charge in [0.25, 0.3) is 5.91 Å². The average molecular weight is 478 g/mol. The predicted octanol–water partition coefficient (Wildman–Crippen LogP) is 2.43. The number of nitrogens with zero attached hydrogens (tertiary/aromatic N) is 1. The molecule has 0 spiro atoms. The van der Waals surface area contributed by atoms with Gasteiger partial charge in [0.15, 0.2) is 6.61 Å². The molecule has 1 saturated heterocycles. The molecular formula is C22H24ClN3O5S. The zero-order valence-electron chi connectivity index (χ0n) is 17.3. The molecule has 170 valence electrons. The number of sulfonamides is 1. The van der Waals surface area contributed by atoms with Crippen molar-refractivity contribution in [2.45, 2.75) is 24.2 Å². The molecule has 32 heavy (non-hydrogen) atoms. The van der Waals surface area contributed by atoms with Crippen molar-refractivity contribution in [1.82, 2.24) is 9.62 Å². The Morgan fingerprint density at radius 3 is 2.62 bits per heavy atom. The van der Waals surface area contributed by atoms with E-state index in [0.29, 0.717) is 25.1 Å². The van der Waals surface area contributed by atoms with Crippen LogP contribution in [0.3, 0.4) is 0 Å². The van der Waals surface area contributed by atoms with Gasteiger partial charge in [0.05, 0.1) is 10.7 Å². The van der Waals surface area contributed by atoms with Crippen LogP contribution in [0, 0.1) is 5.92 Å². The fraction of sp³-hybridized carbons (Fsp3) is 0.364. The van der Waals surface area contributed by atoms with E-state index in [2.05, 4.69) is 10.6 Å². The number of rotatable bonds is 6. The number of halogens is 1. The first kappa shape index (κ1) is 22.6. The third-order valence-electron chi connectivity index (χ3n) is 5.67. The van der Waals surface area contributed by atoms with Gasteiger partial charge in [-0.3, -0.25) is 9.59 Å². The second kappa shape index (κ2) is 9.48. The number of fused-ring (bicyclic) bond motifs is 1. The number of hydrogen-bond donors (Lipinski definition) is 2. The molecule has 2 N–H and O–H groups in total. The first-order chi connectivity index (χ1) is 15.3. The number of ether oxygens (including phenoxy) is 1. The van der Waals surface area contributed by atoms with Crippen LogP contribution in [0.15, 0.2) is 47.4 Å². The molecule has 2 aromatic rings. The van der Waals surface area contributed by atoms with Crippen LogP contribution in [0.4, 0.5) is 5.69 Å². The third-order valence-corrected chi connectivity index (χ3v) is 8.03. The summed E-state index contributed by atoms with van der Waals surface area (Å²) < 4.78 is 33.0. The van der Waals surface area contributed by atoms with Crippen molar-refractivity contribution in [3.8, 4) is 5.75 Å². The van der Waals surface area contributed by atoms with Crippen molar-refractivity contribution < 1.29 is 22.7 Å². The molecule has 10 heteroatoms. The molecule has 1 fully saturated rings. The van der Waals surface area contributed by atoms with Crippen LogP contribution in [0.5, 0.6) is 5.75 Å². The van der Waals surface area contributed by atoms with Gasteiger partial charge in [0.1, 0.15) is 10.6 Å². The predicted molar refractivity (Wildman–Crippen MR) is 120 cm³/mol. The quantitative estimate of drug-likeness (QED) is 0.664. The van der Waals surface area contributed by atoms with Crippen molar-refractivity contribution in [2.24, 2.45) is 5.92 Å². The molecule has 0 radical (unpaired) electrons. The molecule has 0 atom stereocenters. The maximum atomic E-state index is 13.2. The van der Waals surface area contributed by atoms with Gasteiger partial charge in [0.2, 0.25) is 15.9 Å². The average Bonchev–Trinajstić information content (AvgIpc) is 2.79. The number of carbonyl (C=O) groups is 2. The van der Waals surface area contributed by atoms with Crippen LogP contribution < -0.4 is 15.4 Å². The topological polar surface area (TPSA) is 105 Å². The minimum Gasteiger partial charge on any atom is -0.482 e. The van der Waals surface area contributed by atoms with Crippen LogP contribution >= 0.6 is 11.6 Å². The van der Waals surface area contributed by atoms with Gasteiger partial charge < -0.3 is 15.4 Å². The van der Waals surface area contributed by atoms with E-state index in [-0.39, 0.29) is 53.1 Å². The maximum Gasteiger partial charge on any atom is 0.262 e. The molecule has 2 aliphatic rings. The van der Waals surface area contributed by atoms with Crippen molar-refractivity contribution >= 4 is 39.1 Å². The molecule has 2 aliphatic heterocycles. The summed E-state index contributed by atoms with van der Waals surface area (Å²) in [5, 5.41) is 5.57. The molecule has 4 rings (SSSR count). The SMILES string of the molecule is O=C1COc2cc(S(=O)(=O)N3CCC(C(=O)NCCc4ccccc4)CC3)c(Cl)cc2N1. The number of hydrogen-bond acceptors (Lipinski definition) is 5. The van der Waals surface area contributed by atoms with Gasteiger partial charge in [0, 0.05) is 31.6 Å². The van der Waals surface area contributed by atoms with Crippen molar-refractivity contribution in [3.05, 3.63) is 53.1 Å². The molecule has 2 aromatic carbocycles. The highest BCUT2D eigenvalue weighted by atomic mass is 35.5. The zero-order chi connectivity index (χ0) is 22.7. The third kappa shape index (κ3) is 4.90. The van der Waals surface area contributed by atoms with E-state index >= 15 is 0 Å². The number of carbonyl (C=O) groups excluding carboxylic acids is 2. The Kier molecular flexibility index (Phi) is 6.68. The van der Waals surface area contributed by atoms with Crippen LogP contribution in [0.2, 0.25) is 5.02 Å². The lowest BCUT2D eigenvalue weighted by Gasteiger charge is -2.31. The van der Waals surface area contributed by atoms with Gasteiger partial charge >= 0.3 is 0 Å². The van der Waals surface area contributed by atoms with Crippen LogP contribution in [0.25, 0.3) is 0 Å². The fourth-order valence-corrected chi connectivity index (χ4v) is 5.88.